The Bertz CT molecular complexity index is 1320. The number of nitriles is 1. The minimum absolute atomic E-state index is 0.123. The number of rotatable bonds is 10. The third-order valence-electron chi connectivity index (χ3n) is 6.66. The molecule has 2 unspecified atom stereocenters. The van der Waals surface area contributed by atoms with Crippen molar-refractivity contribution in [3.8, 4) is 6.07 Å². The lowest BCUT2D eigenvalue weighted by Gasteiger charge is -2.22. The fraction of sp³-hybridized carbons (Fsp3) is 0.480. The van der Waals surface area contributed by atoms with Crippen molar-refractivity contribution in [1.29, 1.82) is 5.26 Å². The van der Waals surface area contributed by atoms with Crippen molar-refractivity contribution >= 4 is 41.0 Å². The number of fused-ring (bicyclic) bond motifs is 1. The van der Waals surface area contributed by atoms with Crippen LogP contribution in [0.1, 0.15) is 43.7 Å². The van der Waals surface area contributed by atoms with Gasteiger partial charge < -0.3 is 26.4 Å². The molecule has 2 aromatic rings. The lowest BCUT2D eigenvalue weighted by Crippen LogP contribution is -2.43. The number of urea groups is 1. The van der Waals surface area contributed by atoms with Crippen LogP contribution in [0.2, 0.25) is 0 Å². The second-order valence-corrected chi connectivity index (χ2v) is 11.2. The molecule has 2 fully saturated rings. The predicted molar refractivity (Wildman–Crippen MR) is 140 cm³/mol. The fourth-order valence-electron chi connectivity index (χ4n) is 4.62. The average molecular weight is 580 g/mol. The quantitative estimate of drug-likeness (QED) is 0.214. The number of halogens is 3. The molecule has 2 saturated heterocycles. The molecule has 0 radical (unpaired) electrons. The van der Waals surface area contributed by atoms with Crippen LogP contribution in [0.3, 0.4) is 0 Å². The lowest BCUT2D eigenvalue weighted by molar-refractivity contribution is -0.138. The number of aromatic nitrogens is 2. The van der Waals surface area contributed by atoms with E-state index >= 15 is 0 Å². The Morgan fingerprint density at radius 2 is 2.02 bits per heavy atom. The van der Waals surface area contributed by atoms with Crippen molar-refractivity contribution in [2.24, 2.45) is 0 Å². The van der Waals surface area contributed by atoms with E-state index in [-0.39, 0.29) is 42.7 Å². The third-order valence-corrected chi connectivity index (χ3v) is 8.17. The molecule has 5 N–H and O–H groups in total. The van der Waals surface area contributed by atoms with Gasteiger partial charge >= 0.3 is 12.2 Å². The van der Waals surface area contributed by atoms with Crippen molar-refractivity contribution in [1.82, 2.24) is 20.4 Å². The van der Waals surface area contributed by atoms with E-state index < -0.39 is 28.8 Å². The number of amides is 4. The number of hydrogen-bond acceptors (Lipinski definition) is 7. The number of nitrogens with one attached hydrogen (secondary N) is 4. The molecular weight excluding hydrogens is 551 g/mol. The topological polar surface area (TPSA) is 161 Å². The van der Waals surface area contributed by atoms with E-state index in [4.69, 9.17) is 5.26 Å². The Balaban J connectivity index is 1.23. The molecule has 40 heavy (non-hydrogen) atoms. The monoisotopic (exact) mass is 579 g/mol. The number of anilines is 2. The SMILES string of the molecule is C[C@](O)(Cn1cc(NC(=O)CCCC[C@H]2SCC3NC(=O)NC32)cn1)C(=O)Nc1ccc(C#N)c(C(F)(F)F)c1. The first-order valence-corrected chi connectivity index (χ1v) is 13.6. The molecule has 4 amide bonds. The number of carbonyl (C=O) groups excluding carboxylic acids is 3. The largest absolute Gasteiger partial charge is 0.417 e. The minimum Gasteiger partial charge on any atom is -0.378 e. The van der Waals surface area contributed by atoms with E-state index in [0.29, 0.717) is 23.4 Å². The van der Waals surface area contributed by atoms with Gasteiger partial charge in [-0.05, 0) is 38.0 Å². The molecule has 214 valence electrons. The number of thioether (sulfide) groups is 1. The van der Waals surface area contributed by atoms with Gasteiger partial charge in [0.2, 0.25) is 5.91 Å². The van der Waals surface area contributed by atoms with Crippen LogP contribution in [0.4, 0.5) is 29.3 Å². The highest BCUT2D eigenvalue weighted by Gasteiger charge is 2.42. The van der Waals surface area contributed by atoms with E-state index in [1.165, 1.54) is 30.1 Å². The van der Waals surface area contributed by atoms with E-state index in [1.807, 2.05) is 11.8 Å². The van der Waals surface area contributed by atoms with Gasteiger partial charge in [-0.2, -0.15) is 35.3 Å². The van der Waals surface area contributed by atoms with E-state index in [0.717, 1.165) is 30.7 Å². The molecular formula is C25H28F3N7O4S. The third kappa shape index (κ3) is 7.05. The van der Waals surface area contributed by atoms with Crippen LogP contribution >= 0.6 is 11.8 Å². The highest BCUT2D eigenvalue weighted by atomic mass is 32.2. The number of aliphatic hydroxyl groups is 1. The summed E-state index contributed by atoms with van der Waals surface area (Å²) in [5, 5.41) is 34.7. The molecule has 0 aliphatic carbocycles. The maximum Gasteiger partial charge on any atom is 0.417 e. The molecule has 4 atom stereocenters. The van der Waals surface area contributed by atoms with Crippen molar-refractivity contribution in [2.75, 3.05) is 16.4 Å². The van der Waals surface area contributed by atoms with Crippen LogP contribution in [0.25, 0.3) is 0 Å². The van der Waals surface area contributed by atoms with Crippen LogP contribution < -0.4 is 21.3 Å². The summed E-state index contributed by atoms with van der Waals surface area (Å²) in [6.45, 7) is 0.832. The predicted octanol–water partition coefficient (Wildman–Crippen LogP) is 2.83. The van der Waals surface area contributed by atoms with Gasteiger partial charge in [0.1, 0.15) is 0 Å². The van der Waals surface area contributed by atoms with Crippen molar-refractivity contribution < 1.29 is 32.7 Å². The van der Waals surface area contributed by atoms with Gasteiger partial charge in [0.05, 0.1) is 47.7 Å². The van der Waals surface area contributed by atoms with Crippen LogP contribution in [0.5, 0.6) is 0 Å². The summed E-state index contributed by atoms with van der Waals surface area (Å²) in [5.74, 6) is -0.328. The summed E-state index contributed by atoms with van der Waals surface area (Å²) in [6, 6.07) is 4.30. The number of carbonyl (C=O) groups is 3. The summed E-state index contributed by atoms with van der Waals surface area (Å²) in [4.78, 5) is 36.4. The van der Waals surface area contributed by atoms with Gasteiger partial charge in [-0.25, -0.2) is 4.79 Å². The smallest absolute Gasteiger partial charge is 0.378 e. The second-order valence-electron chi connectivity index (χ2n) is 9.94. The summed E-state index contributed by atoms with van der Waals surface area (Å²) in [6.07, 6.45) is 0.639. The Kier molecular flexibility index (Phi) is 8.59. The van der Waals surface area contributed by atoms with Gasteiger partial charge in [-0.15, -0.1) is 0 Å². The van der Waals surface area contributed by atoms with E-state index in [2.05, 4.69) is 26.4 Å². The fourth-order valence-corrected chi connectivity index (χ4v) is 6.16. The van der Waals surface area contributed by atoms with Crippen LogP contribution in [0, 0.1) is 11.3 Å². The summed E-state index contributed by atoms with van der Waals surface area (Å²) in [7, 11) is 0. The molecule has 3 heterocycles. The highest BCUT2D eigenvalue weighted by molar-refractivity contribution is 8.00. The maximum absolute atomic E-state index is 13.2. The highest BCUT2D eigenvalue weighted by Crippen LogP contribution is 2.34. The number of nitrogens with zero attached hydrogens (tertiary/aromatic N) is 3. The van der Waals surface area contributed by atoms with Crippen molar-refractivity contribution in [3.05, 3.63) is 41.7 Å². The van der Waals surface area contributed by atoms with Gasteiger partial charge in [0, 0.05) is 29.3 Å². The first kappa shape index (κ1) is 29.2. The first-order chi connectivity index (χ1) is 18.9. The van der Waals surface area contributed by atoms with Gasteiger partial charge in [0.25, 0.3) is 5.91 Å². The standard InChI is InChI=1S/C25H28F3N7O4S/c1-24(39,22(37)32-15-7-6-14(9-29)17(8-15)25(26,27)28)13-35-11-16(10-30-35)31-20(36)5-3-2-4-19-21-18(12-40-19)33-23(38)34-21/h6-8,10-11,18-19,21,39H,2-5,12-13H2,1H3,(H,31,36)(H,32,37)(H2,33,34,38)/t18?,19-,21?,24+/m1/s1. The van der Waals surface area contributed by atoms with Crippen molar-refractivity contribution in [2.45, 2.75) is 68.3 Å². The number of unbranched alkanes of at least 4 members (excludes halogenated alkanes) is 1. The molecule has 1 aromatic carbocycles. The van der Waals surface area contributed by atoms with Gasteiger partial charge in [-0.3, -0.25) is 14.3 Å². The molecule has 0 saturated carbocycles. The zero-order valence-electron chi connectivity index (χ0n) is 21.4. The zero-order chi connectivity index (χ0) is 29.1. The lowest BCUT2D eigenvalue weighted by atomic mass is 10.0. The van der Waals surface area contributed by atoms with Crippen LogP contribution in [-0.4, -0.2) is 61.4 Å². The second kappa shape index (κ2) is 11.8. The summed E-state index contributed by atoms with van der Waals surface area (Å²) in [5.41, 5.74) is -3.74. The number of hydrogen-bond donors (Lipinski definition) is 5. The van der Waals surface area contributed by atoms with E-state index in [1.54, 1.807) is 0 Å². The molecule has 0 bridgehead atoms. The Labute approximate surface area is 231 Å². The molecule has 2 aliphatic rings. The first-order valence-electron chi connectivity index (χ1n) is 12.5. The number of benzene rings is 1. The Morgan fingerprint density at radius 1 is 1.25 bits per heavy atom. The van der Waals surface area contributed by atoms with Gasteiger partial charge in [0.15, 0.2) is 5.60 Å². The normalized spacial score (nSPS) is 21.5. The molecule has 2 aliphatic heterocycles. The van der Waals surface area contributed by atoms with Crippen molar-refractivity contribution in [3.63, 3.8) is 0 Å². The summed E-state index contributed by atoms with van der Waals surface area (Å²) >= 11 is 1.82. The Morgan fingerprint density at radius 3 is 2.75 bits per heavy atom. The molecule has 11 nitrogen and oxygen atoms in total. The molecule has 1 aromatic heterocycles. The van der Waals surface area contributed by atoms with E-state index in [9.17, 15) is 32.7 Å². The van der Waals surface area contributed by atoms with Crippen LogP contribution in [-0.2, 0) is 22.3 Å². The zero-order valence-corrected chi connectivity index (χ0v) is 22.2. The molecule has 0 spiro atoms. The average Bonchev–Trinajstić information content (AvgIpc) is 3.57. The molecule has 4 rings (SSSR count). The summed E-state index contributed by atoms with van der Waals surface area (Å²) < 4.78 is 40.8. The van der Waals surface area contributed by atoms with Gasteiger partial charge in [-0.1, -0.05) is 6.42 Å². The number of alkyl halides is 3. The Hall–Kier alpha value is -3.77. The maximum atomic E-state index is 13.2. The van der Waals surface area contributed by atoms with Crippen LogP contribution in [0.15, 0.2) is 30.6 Å². The minimum atomic E-state index is -4.80. The molecule has 15 heteroatoms.